The van der Waals surface area contributed by atoms with E-state index >= 15 is 0 Å². The molecule has 1 saturated heterocycles. The smallest absolute Gasteiger partial charge is 0.224 e. The van der Waals surface area contributed by atoms with E-state index in [2.05, 4.69) is 4.98 Å². The molecule has 0 radical (unpaired) electrons. The van der Waals surface area contributed by atoms with E-state index in [0.29, 0.717) is 43.4 Å². The highest BCUT2D eigenvalue weighted by molar-refractivity contribution is 6.30. The van der Waals surface area contributed by atoms with E-state index in [0.717, 1.165) is 12.8 Å². The van der Waals surface area contributed by atoms with Crippen LogP contribution in [0.15, 0.2) is 43.0 Å². The van der Waals surface area contributed by atoms with Crippen molar-refractivity contribution in [3.8, 4) is 5.75 Å². The van der Waals surface area contributed by atoms with Crippen LogP contribution in [0.25, 0.3) is 0 Å². The number of nitrogens with zero attached hydrogens (tertiary/aromatic N) is 3. The van der Waals surface area contributed by atoms with Gasteiger partial charge in [0.2, 0.25) is 11.8 Å². The van der Waals surface area contributed by atoms with Crippen molar-refractivity contribution < 1.29 is 14.3 Å². The molecule has 7 nitrogen and oxygen atoms in total. The summed E-state index contributed by atoms with van der Waals surface area (Å²) in [7, 11) is 0. The number of rotatable bonds is 8. The highest BCUT2D eigenvalue weighted by atomic mass is 35.5. The summed E-state index contributed by atoms with van der Waals surface area (Å²) in [5.74, 6) is 0.312. The second kappa shape index (κ2) is 9.10. The summed E-state index contributed by atoms with van der Waals surface area (Å²) in [4.78, 5) is 30.2. The molecule has 8 heteroatoms. The number of halogens is 1. The van der Waals surface area contributed by atoms with Crippen molar-refractivity contribution in [1.29, 1.82) is 0 Å². The third kappa shape index (κ3) is 5.48. The molecule has 1 aromatic carbocycles. The van der Waals surface area contributed by atoms with Gasteiger partial charge in [-0.3, -0.25) is 9.59 Å². The average Bonchev–Trinajstić information content (AvgIpc) is 3.18. The monoisotopic (exact) mass is 404 g/mol. The third-order valence-electron chi connectivity index (χ3n) is 5.05. The molecule has 150 valence electrons. The summed E-state index contributed by atoms with van der Waals surface area (Å²) < 4.78 is 7.81. The molecular weight excluding hydrogens is 380 g/mol. The molecule has 2 N–H and O–H groups in total. The number of benzene rings is 1. The number of primary amides is 1. The minimum absolute atomic E-state index is 0.0602. The molecule has 0 unspecified atom stereocenters. The zero-order chi connectivity index (χ0) is 20.0. The molecule has 1 fully saturated rings. The molecule has 0 aliphatic carbocycles. The largest absolute Gasteiger partial charge is 0.493 e. The number of ether oxygens (including phenoxy) is 1. The van der Waals surface area contributed by atoms with Crippen LogP contribution in [0.1, 0.15) is 25.7 Å². The summed E-state index contributed by atoms with van der Waals surface area (Å²) in [5.41, 5.74) is 5.03. The first-order valence-corrected chi connectivity index (χ1v) is 9.74. The fraction of sp³-hybridized carbons (Fsp3) is 0.450. The average molecular weight is 405 g/mol. The molecule has 2 aromatic rings. The molecule has 1 atom stereocenters. The lowest BCUT2D eigenvalue weighted by Gasteiger charge is -2.42. The van der Waals surface area contributed by atoms with E-state index in [1.54, 1.807) is 24.7 Å². The van der Waals surface area contributed by atoms with E-state index in [4.69, 9.17) is 22.1 Å². The van der Waals surface area contributed by atoms with Gasteiger partial charge in [-0.2, -0.15) is 0 Å². The van der Waals surface area contributed by atoms with Gasteiger partial charge in [-0.15, -0.1) is 0 Å². The number of hydrogen-bond donors (Lipinski definition) is 1. The highest BCUT2D eigenvalue weighted by Crippen LogP contribution is 2.35. The predicted octanol–water partition coefficient (Wildman–Crippen LogP) is 2.49. The Labute approximate surface area is 169 Å². The zero-order valence-corrected chi connectivity index (χ0v) is 16.5. The van der Waals surface area contributed by atoms with Crippen LogP contribution in [-0.2, 0) is 16.1 Å². The number of amides is 2. The quantitative estimate of drug-likeness (QED) is 0.731. The first-order chi connectivity index (χ1) is 13.5. The van der Waals surface area contributed by atoms with Gasteiger partial charge in [0.1, 0.15) is 5.75 Å². The SMILES string of the molecule is NC(=O)C[C@]1(COc2cccc(Cl)c2)CCCN(C(=O)CCn2ccnc2)C1. The van der Waals surface area contributed by atoms with Crippen molar-refractivity contribution in [3.05, 3.63) is 48.0 Å². The number of aromatic nitrogens is 2. The number of carbonyl (C=O) groups is 2. The molecular formula is C20H25ClN4O3. The fourth-order valence-corrected chi connectivity index (χ4v) is 3.88. The number of carbonyl (C=O) groups excluding carboxylic acids is 2. The summed E-state index contributed by atoms with van der Waals surface area (Å²) in [6.45, 7) is 2.03. The molecule has 1 aliphatic rings. The van der Waals surface area contributed by atoms with Gasteiger partial charge in [-0.05, 0) is 31.0 Å². The van der Waals surface area contributed by atoms with Gasteiger partial charge >= 0.3 is 0 Å². The number of likely N-dealkylation sites (tertiary alicyclic amines) is 1. The topological polar surface area (TPSA) is 90.5 Å². The predicted molar refractivity (Wildman–Crippen MR) is 106 cm³/mol. The third-order valence-corrected chi connectivity index (χ3v) is 5.28. The van der Waals surface area contributed by atoms with Crippen molar-refractivity contribution in [3.63, 3.8) is 0 Å². The lowest BCUT2D eigenvalue weighted by atomic mass is 9.77. The van der Waals surface area contributed by atoms with Crippen LogP contribution >= 0.6 is 11.6 Å². The first kappa shape index (κ1) is 20.2. The maximum Gasteiger partial charge on any atom is 0.224 e. The van der Waals surface area contributed by atoms with Gasteiger partial charge in [-0.1, -0.05) is 17.7 Å². The lowest BCUT2D eigenvalue weighted by Crippen LogP contribution is -2.50. The van der Waals surface area contributed by atoms with Crippen LogP contribution in [0, 0.1) is 5.41 Å². The number of nitrogens with two attached hydrogens (primary N) is 1. The van der Waals surface area contributed by atoms with Crippen LogP contribution < -0.4 is 10.5 Å². The van der Waals surface area contributed by atoms with Gasteiger partial charge in [0.25, 0.3) is 0 Å². The van der Waals surface area contributed by atoms with Crippen molar-refractivity contribution in [2.75, 3.05) is 19.7 Å². The number of aryl methyl sites for hydroxylation is 1. The lowest BCUT2D eigenvalue weighted by molar-refractivity contribution is -0.137. The van der Waals surface area contributed by atoms with E-state index in [-0.39, 0.29) is 18.2 Å². The Hall–Kier alpha value is -2.54. The van der Waals surface area contributed by atoms with E-state index in [9.17, 15) is 9.59 Å². The molecule has 3 rings (SSSR count). The molecule has 0 saturated carbocycles. The number of imidazole rings is 1. The summed E-state index contributed by atoms with van der Waals surface area (Å²) in [5, 5.41) is 0.585. The summed E-state index contributed by atoms with van der Waals surface area (Å²) >= 11 is 6.01. The van der Waals surface area contributed by atoms with Gasteiger partial charge in [-0.25, -0.2) is 4.98 Å². The van der Waals surface area contributed by atoms with Crippen LogP contribution in [-0.4, -0.2) is 46.0 Å². The molecule has 0 bridgehead atoms. The second-order valence-corrected chi connectivity index (χ2v) is 7.79. The van der Waals surface area contributed by atoms with E-state index < -0.39 is 5.41 Å². The van der Waals surface area contributed by atoms with Crippen LogP contribution in [0.2, 0.25) is 5.02 Å². The van der Waals surface area contributed by atoms with E-state index in [1.807, 2.05) is 27.8 Å². The van der Waals surface area contributed by atoms with E-state index in [1.165, 1.54) is 0 Å². The van der Waals surface area contributed by atoms with Gasteiger partial charge < -0.3 is 19.9 Å². The first-order valence-electron chi connectivity index (χ1n) is 9.36. The minimum Gasteiger partial charge on any atom is -0.493 e. The molecule has 28 heavy (non-hydrogen) atoms. The number of hydrogen-bond acceptors (Lipinski definition) is 4. The Morgan fingerprint density at radius 1 is 1.36 bits per heavy atom. The van der Waals surface area contributed by atoms with Crippen molar-refractivity contribution >= 4 is 23.4 Å². The van der Waals surface area contributed by atoms with Gasteiger partial charge in [0.05, 0.1) is 12.9 Å². The maximum atomic E-state index is 12.7. The Balaban J connectivity index is 1.65. The van der Waals surface area contributed by atoms with Crippen LogP contribution in [0.3, 0.4) is 0 Å². The fourth-order valence-electron chi connectivity index (χ4n) is 3.70. The summed E-state index contributed by atoms with van der Waals surface area (Å²) in [6.07, 6.45) is 7.37. The Morgan fingerprint density at radius 3 is 2.93 bits per heavy atom. The number of piperidine rings is 1. The zero-order valence-electron chi connectivity index (χ0n) is 15.7. The van der Waals surface area contributed by atoms with Gasteiger partial charge in [0.15, 0.2) is 0 Å². The molecule has 1 aliphatic heterocycles. The van der Waals surface area contributed by atoms with Crippen molar-refractivity contribution in [1.82, 2.24) is 14.5 Å². The normalized spacial score (nSPS) is 19.4. The summed E-state index contributed by atoms with van der Waals surface area (Å²) in [6, 6.07) is 7.14. The Kier molecular flexibility index (Phi) is 6.57. The van der Waals surface area contributed by atoms with Crippen molar-refractivity contribution in [2.24, 2.45) is 11.1 Å². The highest BCUT2D eigenvalue weighted by Gasteiger charge is 2.39. The Morgan fingerprint density at radius 2 is 2.21 bits per heavy atom. The van der Waals surface area contributed by atoms with Gasteiger partial charge in [0, 0.05) is 55.3 Å². The van der Waals surface area contributed by atoms with Crippen LogP contribution in [0.4, 0.5) is 0 Å². The molecule has 0 spiro atoms. The molecule has 2 amide bonds. The molecule has 1 aromatic heterocycles. The standard InChI is InChI=1S/C20H25ClN4O3/c21-16-3-1-4-17(11-16)28-14-20(12-18(22)26)6-2-8-25(13-20)19(27)5-9-24-10-7-23-15-24/h1,3-4,7,10-11,15H,2,5-6,8-9,12-14H2,(H2,22,26)/t20-/m1/s1. The maximum absolute atomic E-state index is 12.7. The minimum atomic E-state index is -0.489. The van der Waals surface area contributed by atoms with Crippen molar-refractivity contribution in [2.45, 2.75) is 32.2 Å². The van der Waals surface area contributed by atoms with Crippen LogP contribution in [0.5, 0.6) is 5.75 Å². The molecule has 2 heterocycles. The second-order valence-electron chi connectivity index (χ2n) is 7.36. The Bertz CT molecular complexity index is 812.